The van der Waals surface area contributed by atoms with E-state index in [2.05, 4.69) is 38.1 Å². The van der Waals surface area contributed by atoms with Crippen LogP contribution in [0.25, 0.3) is 5.69 Å². The van der Waals surface area contributed by atoms with E-state index in [-0.39, 0.29) is 11.8 Å². The molecule has 1 amide bonds. The minimum absolute atomic E-state index is 0.0619. The Morgan fingerprint density at radius 2 is 2.00 bits per heavy atom. The molecule has 1 N–H and O–H groups in total. The van der Waals surface area contributed by atoms with Gasteiger partial charge in [-0.1, -0.05) is 45.4 Å². The Balaban J connectivity index is 2.50. The minimum Gasteiger partial charge on any atom is -0.352 e. The standard InChI is InChI=1S/C18H24ClN3O/c1-11(2)10-20-18(23)16-13(5)21-22(17(16)12(3)4)15-8-6-7-14(19)9-15/h6-9,11-12H,10H2,1-5H3,(H,20,23). The summed E-state index contributed by atoms with van der Waals surface area (Å²) in [5.74, 6) is 0.507. The molecule has 23 heavy (non-hydrogen) atoms. The Morgan fingerprint density at radius 1 is 1.30 bits per heavy atom. The van der Waals surface area contributed by atoms with Crippen LogP contribution in [0, 0.1) is 12.8 Å². The van der Waals surface area contributed by atoms with Gasteiger partial charge in [-0.2, -0.15) is 5.10 Å². The third-order valence-corrected chi connectivity index (χ3v) is 3.83. The molecular formula is C18H24ClN3O. The number of rotatable bonds is 5. The maximum atomic E-state index is 12.6. The number of aromatic nitrogens is 2. The van der Waals surface area contributed by atoms with Gasteiger partial charge in [-0.15, -0.1) is 0 Å². The lowest BCUT2D eigenvalue weighted by atomic mass is 10.0. The molecule has 0 atom stereocenters. The highest BCUT2D eigenvalue weighted by molar-refractivity contribution is 6.30. The number of carbonyl (C=O) groups is 1. The summed E-state index contributed by atoms with van der Waals surface area (Å²) in [5, 5.41) is 8.23. The number of nitrogens with zero attached hydrogens (tertiary/aromatic N) is 2. The fraction of sp³-hybridized carbons (Fsp3) is 0.444. The van der Waals surface area contributed by atoms with Crippen molar-refractivity contribution in [1.29, 1.82) is 0 Å². The molecule has 5 heteroatoms. The van der Waals surface area contributed by atoms with E-state index in [0.29, 0.717) is 23.0 Å². The molecule has 0 aliphatic heterocycles. The number of hydrogen-bond acceptors (Lipinski definition) is 2. The van der Waals surface area contributed by atoms with Gasteiger partial charge in [0.2, 0.25) is 0 Å². The summed E-state index contributed by atoms with van der Waals surface area (Å²) in [4.78, 5) is 12.6. The van der Waals surface area contributed by atoms with E-state index in [1.54, 1.807) is 0 Å². The van der Waals surface area contributed by atoms with Crippen LogP contribution in [0.3, 0.4) is 0 Å². The zero-order valence-electron chi connectivity index (χ0n) is 14.4. The first-order valence-corrected chi connectivity index (χ1v) is 8.32. The number of nitrogens with one attached hydrogen (secondary N) is 1. The van der Waals surface area contributed by atoms with Crippen molar-refractivity contribution in [3.05, 3.63) is 46.2 Å². The Labute approximate surface area is 142 Å². The maximum absolute atomic E-state index is 12.6. The SMILES string of the molecule is Cc1nn(-c2cccc(Cl)c2)c(C(C)C)c1C(=O)NCC(C)C. The van der Waals surface area contributed by atoms with Crippen LogP contribution in [-0.4, -0.2) is 22.2 Å². The third-order valence-electron chi connectivity index (χ3n) is 3.59. The van der Waals surface area contributed by atoms with Gasteiger partial charge in [0.05, 0.1) is 22.6 Å². The van der Waals surface area contributed by atoms with Crippen LogP contribution in [-0.2, 0) is 0 Å². The van der Waals surface area contributed by atoms with Crippen LogP contribution < -0.4 is 5.32 Å². The highest BCUT2D eigenvalue weighted by Gasteiger charge is 2.24. The topological polar surface area (TPSA) is 46.9 Å². The summed E-state index contributed by atoms with van der Waals surface area (Å²) in [5.41, 5.74) is 3.17. The van der Waals surface area contributed by atoms with Gasteiger partial charge in [0.15, 0.2) is 0 Å². The molecule has 0 fully saturated rings. The molecule has 0 unspecified atom stereocenters. The largest absolute Gasteiger partial charge is 0.352 e. The second kappa shape index (κ2) is 7.18. The molecule has 1 heterocycles. The summed E-state index contributed by atoms with van der Waals surface area (Å²) >= 11 is 6.10. The van der Waals surface area contributed by atoms with E-state index >= 15 is 0 Å². The number of aryl methyl sites for hydroxylation is 1. The molecule has 0 aliphatic rings. The third kappa shape index (κ3) is 3.94. The summed E-state index contributed by atoms with van der Waals surface area (Å²) in [6.45, 7) is 10.8. The fourth-order valence-corrected chi connectivity index (χ4v) is 2.73. The predicted octanol–water partition coefficient (Wildman–Crippen LogP) is 4.34. The first-order valence-electron chi connectivity index (χ1n) is 7.95. The van der Waals surface area contributed by atoms with Crippen LogP contribution in [0.5, 0.6) is 0 Å². The molecule has 0 aliphatic carbocycles. The lowest BCUT2D eigenvalue weighted by molar-refractivity contribution is 0.0947. The Hall–Kier alpha value is -1.81. The smallest absolute Gasteiger partial charge is 0.255 e. The number of hydrogen-bond donors (Lipinski definition) is 1. The van der Waals surface area contributed by atoms with Crippen LogP contribution in [0.1, 0.15) is 55.4 Å². The van der Waals surface area contributed by atoms with Crippen molar-refractivity contribution in [2.45, 2.75) is 40.5 Å². The van der Waals surface area contributed by atoms with Crippen molar-refractivity contribution in [2.75, 3.05) is 6.54 Å². The van der Waals surface area contributed by atoms with Crippen LogP contribution in [0.2, 0.25) is 5.02 Å². The summed E-state index contributed by atoms with van der Waals surface area (Å²) in [6, 6.07) is 7.51. The van der Waals surface area contributed by atoms with Crippen molar-refractivity contribution in [3.8, 4) is 5.69 Å². The summed E-state index contributed by atoms with van der Waals surface area (Å²) in [7, 11) is 0. The van der Waals surface area contributed by atoms with E-state index in [9.17, 15) is 4.79 Å². The monoisotopic (exact) mass is 333 g/mol. The first kappa shape index (κ1) is 17.5. The zero-order valence-corrected chi connectivity index (χ0v) is 15.1. The van der Waals surface area contributed by atoms with Gasteiger partial charge in [0, 0.05) is 11.6 Å². The van der Waals surface area contributed by atoms with Gasteiger partial charge in [-0.25, -0.2) is 4.68 Å². The molecule has 124 valence electrons. The molecule has 1 aromatic carbocycles. The second-order valence-corrected chi connectivity index (χ2v) is 6.93. The average molecular weight is 334 g/mol. The van der Waals surface area contributed by atoms with Gasteiger partial charge in [-0.05, 0) is 37.0 Å². The van der Waals surface area contributed by atoms with E-state index in [1.165, 1.54) is 0 Å². The lowest BCUT2D eigenvalue weighted by Crippen LogP contribution is -2.28. The second-order valence-electron chi connectivity index (χ2n) is 6.50. The molecular weight excluding hydrogens is 310 g/mol. The van der Waals surface area contributed by atoms with Crippen molar-refractivity contribution in [1.82, 2.24) is 15.1 Å². The van der Waals surface area contributed by atoms with E-state index in [0.717, 1.165) is 17.1 Å². The number of benzene rings is 1. The normalized spacial score (nSPS) is 11.3. The van der Waals surface area contributed by atoms with Crippen LogP contribution >= 0.6 is 11.6 Å². The van der Waals surface area contributed by atoms with Gasteiger partial charge in [-0.3, -0.25) is 4.79 Å². The minimum atomic E-state index is -0.0619. The molecule has 0 saturated carbocycles. The van der Waals surface area contributed by atoms with Gasteiger partial charge in [0.1, 0.15) is 0 Å². The average Bonchev–Trinajstić information content (AvgIpc) is 2.82. The Kier molecular flexibility index (Phi) is 5.47. The van der Waals surface area contributed by atoms with E-state index in [1.807, 2.05) is 35.9 Å². The summed E-state index contributed by atoms with van der Waals surface area (Å²) < 4.78 is 1.83. The molecule has 0 bridgehead atoms. The van der Waals surface area contributed by atoms with Gasteiger partial charge < -0.3 is 5.32 Å². The van der Waals surface area contributed by atoms with E-state index in [4.69, 9.17) is 11.6 Å². The number of amides is 1. The zero-order chi connectivity index (χ0) is 17.1. The molecule has 4 nitrogen and oxygen atoms in total. The molecule has 0 spiro atoms. The van der Waals surface area contributed by atoms with Crippen molar-refractivity contribution in [3.63, 3.8) is 0 Å². The molecule has 2 aromatic rings. The highest BCUT2D eigenvalue weighted by atomic mass is 35.5. The Bertz CT molecular complexity index is 704. The number of halogens is 1. The molecule has 2 rings (SSSR count). The lowest BCUT2D eigenvalue weighted by Gasteiger charge is -2.14. The van der Waals surface area contributed by atoms with Crippen LogP contribution in [0.4, 0.5) is 0 Å². The molecule has 0 radical (unpaired) electrons. The molecule has 1 aromatic heterocycles. The van der Waals surface area contributed by atoms with Gasteiger partial charge in [0.25, 0.3) is 5.91 Å². The van der Waals surface area contributed by atoms with Crippen LogP contribution in [0.15, 0.2) is 24.3 Å². The van der Waals surface area contributed by atoms with Crippen molar-refractivity contribution >= 4 is 17.5 Å². The quantitative estimate of drug-likeness (QED) is 0.884. The van der Waals surface area contributed by atoms with Crippen molar-refractivity contribution < 1.29 is 4.79 Å². The molecule has 0 saturated heterocycles. The maximum Gasteiger partial charge on any atom is 0.255 e. The summed E-state index contributed by atoms with van der Waals surface area (Å²) in [6.07, 6.45) is 0. The Morgan fingerprint density at radius 3 is 2.57 bits per heavy atom. The highest BCUT2D eigenvalue weighted by Crippen LogP contribution is 2.26. The first-order chi connectivity index (χ1) is 10.8. The number of carbonyl (C=O) groups excluding carboxylic acids is 1. The van der Waals surface area contributed by atoms with Crippen molar-refractivity contribution in [2.24, 2.45) is 5.92 Å². The predicted molar refractivity (Wildman–Crippen MR) is 94.6 cm³/mol. The van der Waals surface area contributed by atoms with E-state index < -0.39 is 0 Å². The fourth-order valence-electron chi connectivity index (χ4n) is 2.55. The van der Waals surface area contributed by atoms with Gasteiger partial charge >= 0.3 is 0 Å².